The lowest BCUT2D eigenvalue weighted by Crippen LogP contribution is -2.11. The van der Waals surface area contributed by atoms with Crippen molar-refractivity contribution < 1.29 is 4.79 Å². The molecule has 4 nitrogen and oxygen atoms in total. The van der Waals surface area contributed by atoms with Crippen LogP contribution < -0.4 is 5.32 Å². The SMILES string of the molecule is O=C(c1cccnc1NCCc1ccccc1)c1c[nH]c2cc(Cl)ccc12. The molecule has 0 amide bonds. The van der Waals surface area contributed by atoms with Gasteiger partial charge in [0.1, 0.15) is 5.82 Å². The number of aromatic nitrogens is 2. The Hall–Kier alpha value is -3.11. The summed E-state index contributed by atoms with van der Waals surface area (Å²) in [5, 5.41) is 4.78. The van der Waals surface area contributed by atoms with Gasteiger partial charge in [0.2, 0.25) is 0 Å². The molecular weight excluding hydrogens is 358 g/mol. The van der Waals surface area contributed by atoms with Crippen LogP contribution in [0.1, 0.15) is 21.5 Å². The van der Waals surface area contributed by atoms with Gasteiger partial charge in [-0.25, -0.2) is 4.98 Å². The molecule has 0 fully saturated rings. The number of carbonyl (C=O) groups excluding carboxylic acids is 1. The number of H-pyrrole nitrogens is 1. The quantitative estimate of drug-likeness (QED) is 0.461. The summed E-state index contributed by atoms with van der Waals surface area (Å²) in [6, 6.07) is 19.3. The second-order valence-corrected chi connectivity index (χ2v) is 6.72. The monoisotopic (exact) mass is 375 g/mol. The van der Waals surface area contributed by atoms with Crippen molar-refractivity contribution in [3.63, 3.8) is 0 Å². The minimum Gasteiger partial charge on any atom is -0.369 e. The number of hydrogen-bond acceptors (Lipinski definition) is 3. The minimum absolute atomic E-state index is 0.0705. The minimum atomic E-state index is -0.0705. The van der Waals surface area contributed by atoms with Crippen LogP contribution >= 0.6 is 11.6 Å². The lowest BCUT2D eigenvalue weighted by Gasteiger charge is -2.10. The maximum absolute atomic E-state index is 13.1. The number of nitrogens with zero attached hydrogens (tertiary/aromatic N) is 1. The molecule has 2 N–H and O–H groups in total. The molecule has 0 saturated carbocycles. The number of anilines is 1. The predicted molar refractivity (Wildman–Crippen MR) is 110 cm³/mol. The first-order valence-corrected chi connectivity index (χ1v) is 9.14. The van der Waals surface area contributed by atoms with Gasteiger partial charge in [-0.05, 0) is 36.2 Å². The summed E-state index contributed by atoms with van der Waals surface area (Å²) in [5.74, 6) is 0.528. The molecule has 5 heteroatoms. The Kier molecular flexibility index (Phi) is 4.90. The van der Waals surface area contributed by atoms with Gasteiger partial charge in [0.05, 0.1) is 5.56 Å². The summed E-state index contributed by atoms with van der Waals surface area (Å²) in [4.78, 5) is 20.6. The van der Waals surface area contributed by atoms with Crippen molar-refractivity contribution in [2.24, 2.45) is 0 Å². The molecule has 0 spiro atoms. The first kappa shape index (κ1) is 17.3. The Morgan fingerprint density at radius 2 is 1.89 bits per heavy atom. The van der Waals surface area contributed by atoms with Crippen molar-refractivity contribution >= 4 is 34.1 Å². The third-order valence-electron chi connectivity index (χ3n) is 4.49. The number of hydrogen-bond donors (Lipinski definition) is 2. The molecule has 0 aliphatic rings. The van der Waals surface area contributed by atoms with Crippen LogP contribution in [0.2, 0.25) is 5.02 Å². The number of benzene rings is 2. The third kappa shape index (κ3) is 3.71. The van der Waals surface area contributed by atoms with E-state index >= 15 is 0 Å². The average molecular weight is 376 g/mol. The van der Waals surface area contributed by atoms with E-state index in [2.05, 4.69) is 27.4 Å². The van der Waals surface area contributed by atoms with Crippen molar-refractivity contribution in [1.29, 1.82) is 0 Å². The Morgan fingerprint density at radius 1 is 1.04 bits per heavy atom. The van der Waals surface area contributed by atoms with E-state index in [0.717, 1.165) is 17.3 Å². The van der Waals surface area contributed by atoms with E-state index in [0.29, 0.717) is 28.5 Å². The molecule has 4 aromatic rings. The maximum atomic E-state index is 13.1. The Bertz CT molecular complexity index is 1090. The number of aromatic amines is 1. The summed E-state index contributed by atoms with van der Waals surface area (Å²) in [6.07, 6.45) is 4.28. The van der Waals surface area contributed by atoms with Crippen LogP contribution in [0, 0.1) is 0 Å². The maximum Gasteiger partial charge on any atom is 0.198 e. The summed E-state index contributed by atoms with van der Waals surface area (Å²) in [5.41, 5.74) is 3.25. The average Bonchev–Trinajstić information content (AvgIpc) is 3.11. The van der Waals surface area contributed by atoms with Crippen LogP contribution in [0.5, 0.6) is 0 Å². The normalized spacial score (nSPS) is 10.9. The molecule has 0 bridgehead atoms. The van der Waals surface area contributed by atoms with Gasteiger partial charge < -0.3 is 10.3 Å². The molecule has 0 aliphatic carbocycles. The standard InChI is InChI=1S/C22H18ClN3O/c23-16-8-9-17-19(14-26-20(17)13-16)21(27)18-7-4-11-24-22(18)25-12-10-15-5-2-1-3-6-15/h1-9,11,13-14,26H,10,12H2,(H,24,25). The zero-order chi connectivity index (χ0) is 18.6. The second kappa shape index (κ2) is 7.64. The van der Waals surface area contributed by atoms with E-state index in [9.17, 15) is 4.79 Å². The molecule has 2 heterocycles. The highest BCUT2D eigenvalue weighted by Crippen LogP contribution is 2.25. The van der Waals surface area contributed by atoms with E-state index in [1.54, 1.807) is 30.6 Å². The number of ketones is 1. The van der Waals surface area contributed by atoms with Gasteiger partial charge in [0.25, 0.3) is 0 Å². The molecule has 0 aliphatic heterocycles. The lowest BCUT2D eigenvalue weighted by atomic mass is 10.0. The summed E-state index contributed by atoms with van der Waals surface area (Å²) >= 11 is 6.03. The van der Waals surface area contributed by atoms with Crippen LogP contribution in [0.15, 0.2) is 73.1 Å². The number of rotatable bonds is 6. The largest absolute Gasteiger partial charge is 0.369 e. The Balaban J connectivity index is 1.57. The molecule has 2 aromatic carbocycles. The number of pyridine rings is 1. The highest BCUT2D eigenvalue weighted by Gasteiger charge is 2.18. The molecule has 2 aromatic heterocycles. The highest BCUT2D eigenvalue weighted by atomic mass is 35.5. The van der Waals surface area contributed by atoms with Crippen molar-refractivity contribution in [2.45, 2.75) is 6.42 Å². The van der Waals surface area contributed by atoms with Gasteiger partial charge in [-0.3, -0.25) is 4.79 Å². The van der Waals surface area contributed by atoms with Crippen LogP contribution in [-0.2, 0) is 6.42 Å². The van der Waals surface area contributed by atoms with Crippen molar-refractivity contribution in [3.8, 4) is 0 Å². The molecule has 0 saturated heterocycles. The van der Waals surface area contributed by atoms with Crippen LogP contribution in [0.4, 0.5) is 5.82 Å². The fourth-order valence-electron chi connectivity index (χ4n) is 3.13. The zero-order valence-electron chi connectivity index (χ0n) is 14.6. The molecular formula is C22H18ClN3O. The summed E-state index contributed by atoms with van der Waals surface area (Å²) < 4.78 is 0. The number of halogens is 1. The molecule has 27 heavy (non-hydrogen) atoms. The van der Waals surface area contributed by atoms with Crippen molar-refractivity contribution in [2.75, 3.05) is 11.9 Å². The number of nitrogens with one attached hydrogen (secondary N) is 2. The topological polar surface area (TPSA) is 57.8 Å². The lowest BCUT2D eigenvalue weighted by molar-refractivity contribution is 0.104. The van der Waals surface area contributed by atoms with Gasteiger partial charge in [0, 0.05) is 40.4 Å². The molecule has 0 radical (unpaired) electrons. The van der Waals surface area contributed by atoms with Gasteiger partial charge in [-0.15, -0.1) is 0 Å². The molecule has 0 unspecified atom stereocenters. The third-order valence-corrected chi connectivity index (χ3v) is 4.72. The van der Waals surface area contributed by atoms with Crippen LogP contribution in [0.25, 0.3) is 10.9 Å². The second-order valence-electron chi connectivity index (χ2n) is 6.28. The fraction of sp³-hybridized carbons (Fsp3) is 0.0909. The van der Waals surface area contributed by atoms with Gasteiger partial charge >= 0.3 is 0 Å². The van der Waals surface area contributed by atoms with Gasteiger partial charge in [0.15, 0.2) is 5.78 Å². The first-order chi connectivity index (χ1) is 13.2. The van der Waals surface area contributed by atoms with Crippen molar-refractivity contribution in [3.05, 3.63) is 94.8 Å². The summed E-state index contributed by atoms with van der Waals surface area (Å²) in [6.45, 7) is 0.699. The summed E-state index contributed by atoms with van der Waals surface area (Å²) in [7, 11) is 0. The number of fused-ring (bicyclic) bond motifs is 1. The van der Waals surface area contributed by atoms with Gasteiger partial charge in [-0.2, -0.15) is 0 Å². The van der Waals surface area contributed by atoms with E-state index in [4.69, 9.17) is 11.6 Å². The van der Waals surface area contributed by atoms with E-state index in [1.165, 1.54) is 5.56 Å². The van der Waals surface area contributed by atoms with Gasteiger partial charge in [-0.1, -0.05) is 48.0 Å². The Labute approximate surface area is 162 Å². The highest BCUT2D eigenvalue weighted by molar-refractivity contribution is 6.31. The van der Waals surface area contributed by atoms with E-state index in [1.807, 2.05) is 30.3 Å². The van der Waals surface area contributed by atoms with Crippen molar-refractivity contribution in [1.82, 2.24) is 9.97 Å². The number of carbonyl (C=O) groups is 1. The first-order valence-electron chi connectivity index (χ1n) is 8.76. The molecule has 4 rings (SSSR count). The van der Waals surface area contributed by atoms with Crippen LogP contribution in [0.3, 0.4) is 0 Å². The Morgan fingerprint density at radius 3 is 2.74 bits per heavy atom. The molecule has 134 valence electrons. The molecule has 0 atom stereocenters. The van der Waals surface area contributed by atoms with E-state index in [-0.39, 0.29) is 5.78 Å². The van der Waals surface area contributed by atoms with E-state index < -0.39 is 0 Å². The fourth-order valence-corrected chi connectivity index (χ4v) is 3.30. The predicted octanol–water partition coefficient (Wildman–Crippen LogP) is 5.10. The smallest absolute Gasteiger partial charge is 0.198 e. The zero-order valence-corrected chi connectivity index (χ0v) is 15.3. The van der Waals surface area contributed by atoms with Crippen LogP contribution in [-0.4, -0.2) is 22.3 Å².